The number of unbranched alkanes of at least 4 members (excludes halogenated alkanes) is 4. The average molecular weight is 519 g/mol. The van der Waals surface area contributed by atoms with Crippen LogP contribution in [0.2, 0.25) is 0 Å². The number of fused-ring (bicyclic) bond motifs is 2. The molecule has 5 aromatic rings. The summed E-state index contributed by atoms with van der Waals surface area (Å²) in [6.07, 6.45) is 13.6. The maximum absolute atomic E-state index is 3.85. The molecule has 0 spiro atoms. The number of aryl methyl sites for hydroxylation is 2. The zero-order valence-electron chi connectivity index (χ0n) is 19.5. The molecule has 174 valence electrons. The van der Waals surface area contributed by atoms with Crippen molar-refractivity contribution in [2.75, 3.05) is 0 Å². The Morgan fingerprint density at radius 1 is 0.588 bits per heavy atom. The lowest BCUT2D eigenvalue weighted by molar-refractivity contribution is 0.755. The van der Waals surface area contributed by atoms with Gasteiger partial charge >= 0.3 is 0 Å². The van der Waals surface area contributed by atoms with Gasteiger partial charge in [-0.15, -0.1) is 58.5 Å². The molecule has 0 atom stereocenters. The van der Waals surface area contributed by atoms with E-state index in [0.717, 1.165) is 12.8 Å². The van der Waals surface area contributed by atoms with Crippen molar-refractivity contribution in [1.82, 2.24) is 0 Å². The van der Waals surface area contributed by atoms with Crippen LogP contribution in [0.4, 0.5) is 0 Å². The average Bonchev–Trinajstić information content (AvgIpc) is 3.65. The summed E-state index contributed by atoms with van der Waals surface area (Å²) < 4.78 is 2.86. The molecule has 0 amide bonds. The van der Waals surface area contributed by atoms with Crippen molar-refractivity contribution in [2.45, 2.75) is 51.4 Å². The lowest BCUT2D eigenvalue weighted by atomic mass is 10.0. The van der Waals surface area contributed by atoms with Crippen molar-refractivity contribution < 1.29 is 0 Å². The third kappa shape index (κ3) is 4.87. The van der Waals surface area contributed by atoms with Crippen LogP contribution in [0.25, 0.3) is 41.1 Å². The van der Waals surface area contributed by atoms with E-state index in [1.165, 1.54) is 89.3 Å². The minimum Gasteiger partial charge on any atom is -0.143 e. The Balaban J connectivity index is 1.51. The first-order valence-corrected chi connectivity index (χ1v) is 15.5. The minimum atomic E-state index is 1.12. The fraction of sp³-hybridized carbons (Fsp3) is 0.267. The highest BCUT2D eigenvalue weighted by molar-refractivity contribution is 7.22. The normalized spacial score (nSPS) is 11.5. The molecule has 0 aliphatic carbocycles. The molecule has 0 N–H and O–H groups in total. The second-order valence-corrected chi connectivity index (χ2v) is 12.8. The van der Waals surface area contributed by atoms with E-state index >= 15 is 0 Å². The number of thiophene rings is 4. The van der Waals surface area contributed by atoms with Gasteiger partial charge in [0.15, 0.2) is 0 Å². The number of hydrogen-bond acceptors (Lipinski definition) is 4. The number of hydrogen-bond donors (Lipinski definition) is 0. The second-order valence-electron chi connectivity index (χ2n) is 8.68. The summed E-state index contributed by atoms with van der Waals surface area (Å²) in [6, 6.07) is 14.1. The lowest BCUT2D eigenvalue weighted by Crippen LogP contribution is -1.82. The summed E-state index contributed by atoms with van der Waals surface area (Å²) in [5.41, 5.74) is 2.88. The standard InChI is InChI=1S/C30H30S4/c1-3-5-7-9-11-21-13-15-25(33-21)27-23-17-19-32-30(23)28(24-18-20-31-29(24)27)26-16-14-22(34-26)12-10-8-6-4-2/h3-4,13-20H,1-2,5-12H2. The van der Waals surface area contributed by atoms with Gasteiger partial charge in [-0.2, -0.15) is 0 Å². The summed E-state index contributed by atoms with van der Waals surface area (Å²) in [6.45, 7) is 7.70. The Kier molecular flexibility index (Phi) is 7.80. The molecule has 0 saturated carbocycles. The molecule has 4 heterocycles. The van der Waals surface area contributed by atoms with E-state index in [1.54, 1.807) is 0 Å². The topological polar surface area (TPSA) is 0 Å². The molecule has 0 saturated heterocycles. The van der Waals surface area contributed by atoms with Gasteiger partial charge in [0.2, 0.25) is 0 Å². The van der Waals surface area contributed by atoms with Gasteiger partial charge in [-0.05, 0) is 98.5 Å². The number of rotatable bonds is 12. The molecule has 0 nitrogen and oxygen atoms in total. The highest BCUT2D eigenvalue weighted by Crippen LogP contribution is 2.50. The van der Waals surface area contributed by atoms with Crippen LogP contribution < -0.4 is 0 Å². The highest BCUT2D eigenvalue weighted by atomic mass is 32.1. The Bertz CT molecular complexity index is 1250. The van der Waals surface area contributed by atoms with Gasteiger partial charge in [-0.1, -0.05) is 12.2 Å². The van der Waals surface area contributed by atoms with E-state index in [9.17, 15) is 0 Å². The van der Waals surface area contributed by atoms with E-state index in [1.807, 2.05) is 57.5 Å². The monoisotopic (exact) mass is 518 g/mol. The zero-order chi connectivity index (χ0) is 23.3. The highest BCUT2D eigenvalue weighted by Gasteiger charge is 2.20. The quantitative estimate of drug-likeness (QED) is 0.114. The lowest BCUT2D eigenvalue weighted by Gasteiger charge is -2.09. The molecule has 0 unspecified atom stereocenters. The molecular weight excluding hydrogens is 489 g/mol. The third-order valence-corrected chi connectivity index (χ3v) is 10.5. The van der Waals surface area contributed by atoms with Gasteiger partial charge in [0, 0.05) is 50.8 Å². The maximum atomic E-state index is 3.85. The molecule has 1 aromatic carbocycles. The van der Waals surface area contributed by atoms with Crippen LogP contribution in [0, 0.1) is 0 Å². The molecule has 0 fully saturated rings. The first-order valence-electron chi connectivity index (χ1n) is 12.1. The summed E-state index contributed by atoms with van der Waals surface area (Å²) in [5.74, 6) is 0. The Morgan fingerprint density at radius 2 is 1.06 bits per heavy atom. The molecule has 5 rings (SSSR count). The molecular formula is C30H30S4. The van der Waals surface area contributed by atoms with Crippen LogP contribution in [0.1, 0.15) is 48.3 Å². The van der Waals surface area contributed by atoms with Crippen LogP contribution >= 0.6 is 45.3 Å². The minimum absolute atomic E-state index is 1.12. The van der Waals surface area contributed by atoms with Crippen LogP contribution in [0.5, 0.6) is 0 Å². The predicted molar refractivity (Wildman–Crippen MR) is 159 cm³/mol. The van der Waals surface area contributed by atoms with Crippen molar-refractivity contribution in [3.63, 3.8) is 0 Å². The van der Waals surface area contributed by atoms with E-state index in [4.69, 9.17) is 0 Å². The second kappa shape index (κ2) is 11.2. The Labute approximate surface area is 218 Å². The van der Waals surface area contributed by atoms with Crippen LogP contribution in [0.15, 0.2) is 72.5 Å². The molecule has 0 bridgehead atoms. The maximum Gasteiger partial charge on any atom is 0.0442 e. The number of benzene rings is 1. The number of allylic oxidation sites excluding steroid dienone is 2. The Morgan fingerprint density at radius 3 is 1.50 bits per heavy atom. The molecule has 0 radical (unpaired) electrons. The summed E-state index contributed by atoms with van der Waals surface area (Å²) in [4.78, 5) is 5.82. The fourth-order valence-corrected chi connectivity index (χ4v) is 8.91. The first-order chi connectivity index (χ1) is 16.8. The van der Waals surface area contributed by atoms with Crippen molar-refractivity contribution in [2.24, 2.45) is 0 Å². The third-order valence-electron chi connectivity index (χ3n) is 6.30. The van der Waals surface area contributed by atoms with Gasteiger partial charge < -0.3 is 0 Å². The van der Waals surface area contributed by atoms with E-state index < -0.39 is 0 Å². The van der Waals surface area contributed by atoms with E-state index in [2.05, 4.69) is 60.3 Å². The van der Waals surface area contributed by atoms with Crippen molar-refractivity contribution in [1.29, 1.82) is 0 Å². The summed E-state index contributed by atoms with van der Waals surface area (Å²) >= 11 is 7.74. The molecule has 0 aliphatic rings. The molecule has 4 heteroatoms. The van der Waals surface area contributed by atoms with Crippen molar-refractivity contribution >= 4 is 65.5 Å². The van der Waals surface area contributed by atoms with Crippen LogP contribution in [-0.2, 0) is 12.8 Å². The Hall–Kier alpha value is -1.98. The van der Waals surface area contributed by atoms with Gasteiger partial charge in [0.1, 0.15) is 0 Å². The molecule has 4 aromatic heterocycles. The summed E-state index contributed by atoms with van der Waals surface area (Å²) in [5, 5.41) is 7.37. The zero-order valence-corrected chi connectivity index (χ0v) is 22.7. The van der Waals surface area contributed by atoms with E-state index in [0.29, 0.717) is 0 Å². The summed E-state index contributed by atoms with van der Waals surface area (Å²) in [7, 11) is 0. The predicted octanol–water partition coefficient (Wildman–Crippen LogP) is 11.4. The van der Waals surface area contributed by atoms with Crippen LogP contribution in [-0.4, -0.2) is 0 Å². The fourth-order valence-electron chi connectivity index (χ4n) is 4.60. The van der Waals surface area contributed by atoms with Gasteiger partial charge in [-0.3, -0.25) is 0 Å². The smallest absolute Gasteiger partial charge is 0.0442 e. The van der Waals surface area contributed by atoms with Gasteiger partial charge in [0.25, 0.3) is 0 Å². The SMILES string of the molecule is C=CCCCCc1ccc(-c2c3ccsc3c(-c3ccc(CCCCC=C)s3)c3ccsc23)s1. The first kappa shape index (κ1) is 23.7. The van der Waals surface area contributed by atoms with Crippen molar-refractivity contribution in [3.05, 3.63) is 82.2 Å². The van der Waals surface area contributed by atoms with Gasteiger partial charge in [-0.25, -0.2) is 0 Å². The van der Waals surface area contributed by atoms with Crippen LogP contribution in [0.3, 0.4) is 0 Å². The van der Waals surface area contributed by atoms with Gasteiger partial charge in [0.05, 0.1) is 0 Å². The molecule has 34 heavy (non-hydrogen) atoms. The molecule has 0 aliphatic heterocycles. The van der Waals surface area contributed by atoms with E-state index in [-0.39, 0.29) is 0 Å². The van der Waals surface area contributed by atoms with Crippen molar-refractivity contribution in [3.8, 4) is 20.9 Å². The largest absolute Gasteiger partial charge is 0.143 e.